The average molecular weight is 815 g/mol. The van der Waals surface area contributed by atoms with Crippen LogP contribution in [0.1, 0.15) is 16.7 Å². The molecule has 0 saturated heterocycles. The summed E-state index contributed by atoms with van der Waals surface area (Å²) in [6.07, 6.45) is -7.22. The van der Waals surface area contributed by atoms with Gasteiger partial charge in [0.2, 0.25) is 0 Å². The summed E-state index contributed by atoms with van der Waals surface area (Å²) in [6.45, 7) is 6.38. The van der Waals surface area contributed by atoms with Gasteiger partial charge in [-0.3, -0.25) is 0 Å². The van der Waals surface area contributed by atoms with E-state index in [0.29, 0.717) is 0 Å². The van der Waals surface area contributed by atoms with Crippen molar-refractivity contribution in [3.05, 3.63) is 145 Å². The minimum Gasteiger partial charge on any atom is -0.325 e. The molecular formula is C33H14BF20N. The Balaban J connectivity index is 0.000000583. The molecule has 0 spiro atoms. The second-order valence-corrected chi connectivity index (χ2v) is 11.6. The fraction of sp³-hybridized carbons (Fsp3) is 0.0909. The number of hydrogen-bond donors (Lipinski definition) is 1. The number of halogens is 20. The average Bonchev–Trinajstić information content (AvgIpc) is 3.15. The number of benzene rings is 5. The zero-order valence-corrected chi connectivity index (χ0v) is 27.0. The van der Waals surface area contributed by atoms with Gasteiger partial charge in [-0.05, 0) is 38.0 Å². The lowest BCUT2D eigenvalue weighted by molar-refractivity contribution is -0.255. The molecule has 22 heteroatoms. The van der Waals surface area contributed by atoms with Gasteiger partial charge in [0.15, 0.2) is 69.8 Å². The summed E-state index contributed by atoms with van der Waals surface area (Å²) in [7, 11) is 0. The van der Waals surface area contributed by atoms with E-state index in [4.69, 9.17) is 0 Å². The Morgan fingerprint density at radius 2 is 0.473 bits per heavy atom. The highest BCUT2D eigenvalue weighted by molar-refractivity contribution is 7.20. The van der Waals surface area contributed by atoms with E-state index in [9.17, 15) is 52.7 Å². The third-order valence-electron chi connectivity index (χ3n) is 8.88. The Morgan fingerprint density at radius 3 is 0.655 bits per heavy atom. The Bertz CT molecular complexity index is 2020. The SMILES string of the molecule is Cc1ccc([NH3+])c(C)c1C.Fc1c(F)c(F)c([B-](c2c(F)c(F)c(F)c(F)c2F)(c2c(F)c(F)c(F)c(F)c2F)c2c(F)c(F)c(F)c(F)c2F)c(F)c1F. The minimum atomic E-state index is -7.22. The molecule has 0 aliphatic heterocycles. The van der Waals surface area contributed by atoms with Gasteiger partial charge in [-0.1, -0.05) is 6.07 Å². The smallest absolute Gasteiger partial charge is 0.200 e. The standard InChI is InChI=1S/C24BF20.C9H13N/c26-5-1(6(27)14(35)21(42)13(5)34)25(2-7(28)15(36)22(43)16(37)8(2)29,3-9(30)17(38)23(44)18(39)10(3)31)4-11(32)19(40)24(45)20(41)12(4)33;1-6-4-5-9(10)8(3)7(6)2/h;4-5H,10H2,1-3H3/q-1;/p+1. The molecule has 0 unspecified atom stereocenters. The number of hydrogen-bond acceptors (Lipinski definition) is 0. The highest BCUT2D eigenvalue weighted by Crippen LogP contribution is 2.30. The predicted molar refractivity (Wildman–Crippen MR) is 152 cm³/mol. The number of aryl methyl sites for hydroxylation is 1. The molecule has 0 atom stereocenters. The summed E-state index contributed by atoms with van der Waals surface area (Å²) < 4.78 is 294. The van der Waals surface area contributed by atoms with Crippen molar-refractivity contribution in [2.45, 2.75) is 20.8 Å². The molecule has 1 nitrogen and oxygen atoms in total. The molecule has 5 aromatic rings. The van der Waals surface area contributed by atoms with Gasteiger partial charge in [-0.25, -0.2) is 87.8 Å². The largest absolute Gasteiger partial charge is 0.325 e. The highest BCUT2D eigenvalue weighted by Gasteiger charge is 2.52. The highest BCUT2D eigenvalue weighted by atomic mass is 19.2. The van der Waals surface area contributed by atoms with Crippen LogP contribution in [0.4, 0.5) is 93.5 Å². The van der Waals surface area contributed by atoms with Crippen LogP contribution in [0.15, 0.2) is 12.1 Å². The van der Waals surface area contributed by atoms with E-state index in [1.807, 2.05) is 0 Å². The molecule has 5 aromatic carbocycles. The molecule has 0 fully saturated rings. The van der Waals surface area contributed by atoms with Crippen molar-refractivity contribution in [1.82, 2.24) is 0 Å². The van der Waals surface area contributed by atoms with E-state index in [-0.39, 0.29) is 0 Å². The first-order valence-electron chi connectivity index (χ1n) is 14.4. The van der Waals surface area contributed by atoms with Crippen LogP contribution >= 0.6 is 0 Å². The first kappa shape index (κ1) is 42.5. The van der Waals surface area contributed by atoms with Crippen molar-refractivity contribution in [2.24, 2.45) is 0 Å². The maximum absolute atomic E-state index is 15.4. The molecule has 5 rings (SSSR count). The van der Waals surface area contributed by atoms with Crippen molar-refractivity contribution >= 4 is 33.7 Å². The van der Waals surface area contributed by atoms with Crippen LogP contribution in [0.2, 0.25) is 0 Å². The molecule has 55 heavy (non-hydrogen) atoms. The van der Waals surface area contributed by atoms with Crippen LogP contribution in [0.25, 0.3) is 0 Å². The Kier molecular flexibility index (Phi) is 11.4. The molecule has 0 amide bonds. The molecule has 0 bridgehead atoms. The van der Waals surface area contributed by atoms with Gasteiger partial charge >= 0.3 is 0 Å². The molecule has 3 N–H and O–H groups in total. The summed E-state index contributed by atoms with van der Waals surface area (Å²) >= 11 is 0. The molecule has 0 radical (unpaired) electrons. The molecular weight excluding hydrogens is 801 g/mol. The topological polar surface area (TPSA) is 27.6 Å². The summed E-state index contributed by atoms with van der Waals surface area (Å²) in [6, 6.07) is 4.18. The van der Waals surface area contributed by atoms with Gasteiger partial charge in [0.1, 0.15) is 58.4 Å². The van der Waals surface area contributed by atoms with Crippen LogP contribution in [0.3, 0.4) is 0 Å². The molecule has 0 aromatic heterocycles. The Hall–Kier alpha value is -5.28. The normalized spacial score (nSPS) is 11.6. The van der Waals surface area contributed by atoms with Gasteiger partial charge < -0.3 is 5.73 Å². The maximum atomic E-state index is 15.4. The third-order valence-corrected chi connectivity index (χ3v) is 8.88. The Labute approximate surface area is 293 Å². The van der Waals surface area contributed by atoms with E-state index in [2.05, 4.69) is 38.6 Å². The van der Waals surface area contributed by atoms with Crippen molar-refractivity contribution in [3.8, 4) is 0 Å². The van der Waals surface area contributed by atoms with E-state index >= 15 is 35.1 Å². The lowest BCUT2D eigenvalue weighted by Gasteiger charge is -2.44. The van der Waals surface area contributed by atoms with Gasteiger partial charge in [-0.15, -0.1) is 21.9 Å². The van der Waals surface area contributed by atoms with Crippen molar-refractivity contribution in [2.75, 3.05) is 0 Å². The molecule has 0 aliphatic carbocycles. The molecule has 294 valence electrons. The van der Waals surface area contributed by atoms with Crippen LogP contribution in [-0.4, -0.2) is 6.15 Å². The summed E-state index contributed by atoms with van der Waals surface area (Å²) in [5, 5.41) is 0. The predicted octanol–water partition coefficient (Wildman–Crippen LogP) is 7.33. The second-order valence-electron chi connectivity index (χ2n) is 11.6. The minimum absolute atomic E-state index is 1.14. The first-order chi connectivity index (χ1) is 25.3. The van der Waals surface area contributed by atoms with Crippen molar-refractivity contribution in [3.63, 3.8) is 0 Å². The van der Waals surface area contributed by atoms with Gasteiger partial charge in [0, 0.05) is 5.56 Å². The summed E-state index contributed by atoms with van der Waals surface area (Å²) in [5.41, 5.74) is -5.23. The maximum Gasteiger partial charge on any atom is 0.200 e. The van der Waals surface area contributed by atoms with Gasteiger partial charge in [0.05, 0.1) is 0 Å². The monoisotopic (exact) mass is 815 g/mol. The number of rotatable bonds is 4. The van der Waals surface area contributed by atoms with Crippen LogP contribution in [0.5, 0.6) is 0 Å². The zero-order valence-electron chi connectivity index (χ0n) is 27.0. The van der Waals surface area contributed by atoms with Gasteiger partial charge in [0.25, 0.3) is 0 Å². The van der Waals surface area contributed by atoms with Crippen LogP contribution in [0, 0.1) is 137 Å². The second kappa shape index (κ2) is 14.8. The summed E-state index contributed by atoms with van der Waals surface area (Å²) in [4.78, 5) is 0. The fourth-order valence-electron chi connectivity index (χ4n) is 5.89. The van der Waals surface area contributed by atoms with Crippen molar-refractivity contribution < 1.29 is 93.5 Å². The van der Waals surface area contributed by atoms with E-state index < -0.39 is 144 Å². The molecule has 0 aliphatic rings. The van der Waals surface area contributed by atoms with E-state index in [1.165, 1.54) is 16.7 Å². The molecule has 0 heterocycles. The van der Waals surface area contributed by atoms with Crippen LogP contribution < -0.4 is 27.6 Å². The van der Waals surface area contributed by atoms with E-state index in [0.717, 1.165) is 5.69 Å². The molecule has 0 saturated carbocycles. The third kappa shape index (κ3) is 6.13. The van der Waals surface area contributed by atoms with Crippen LogP contribution in [-0.2, 0) is 0 Å². The first-order valence-corrected chi connectivity index (χ1v) is 14.4. The Morgan fingerprint density at radius 1 is 0.291 bits per heavy atom. The van der Waals surface area contributed by atoms with Crippen molar-refractivity contribution in [1.29, 1.82) is 0 Å². The summed E-state index contributed by atoms with van der Waals surface area (Å²) in [5.74, 6) is -71.4. The zero-order chi connectivity index (χ0) is 42.1. The lowest BCUT2D eigenvalue weighted by Crippen LogP contribution is -2.81. The lowest BCUT2D eigenvalue weighted by atomic mass is 9.12. The fourth-order valence-corrected chi connectivity index (χ4v) is 5.89. The quantitative estimate of drug-likeness (QED) is 0.0853. The van der Waals surface area contributed by atoms with E-state index in [1.54, 1.807) is 0 Å². The number of quaternary nitrogens is 1. The van der Waals surface area contributed by atoms with Gasteiger partial charge in [-0.2, -0.15) is 0 Å².